The van der Waals surface area contributed by atoms with Crippen molar-refractivity contribution in [3.63, 3.8) is 0 Å². The van der Waals surface area contributed by atoms with Crippen molar-refractivity contribution in [3.8, 4) is 0 Å². The highest BCUT2D eigenvalue weighted by atomic mass is 32.2. The van der Waals surface area contributed by atoms with E-state index >= 15 is 0 Å². The standard InChI is InChI=1S/C23H31N3O3S/c27-21-11-10-19(22(28)24-21)26-16-18-17(23(26)29)8-7-9-20(18)30-15-6-2-5-14-25-12-3-1-4-13-25/h7-9,19H,1-6,10-16H2,(H,24,27,28). The number of imide groups is 1. The fourth-order valence-electron chi connectivity index (χ4n) is 4.67. The maximum Gasteiger partial charge on any atom is 0.255 e. The summed E-state index contributed by atoms with van der Waals surface area (Å²) in [5, 5.41) is 2.37. The molecule has 2 fully saturated rings. The zero-order valence-electron chi connectivity index (χ0n) is 17.5. The zero-order chi connectivity index (χ0) is 20.9. The third-order valence-corrected chi connectivity index (χ3v) is 7.55. The van der Waals surface area contributed by atoms with Crippen molar-refractivity contribution in [1.29, 1.82) is 0 Å². The molecular formula is C23H31N3O3S. The van der Waals surface area contributed by atoms with Gasteiger partial charge in [-0.15, -0.1) is 11.8 Å². The molecule has 1 aromatic carbocycles. The van der Waals surface area contributed by atoms with Crippen LogP contribution in [-0.4, -0.2) is 59.0 Å². The van der Waals surface area contributed by atoms with Gasteiger partial charge < -0.3 is 9.80 Å². The van der Waals surface area contributed by atoms with Gasteiger partial charge in [-0.1, -0.05) is 18.9 Å². The normalized spacial score (nSPS) is 22.3. The number of piperidine rings is 2. The number of nitrogens with zero attached hydrogens (tertiary/aromatic N) is 2. The topological polar surface area (TPSA) is 69.7 Å². The first kappa shape index (κ1) is 21.4. The number of rotatable bonds is 8. The first-order valence-electron chi connectivity index (χ1n) is 11.2. The summed E-state index contributed by atoms with van der Waals surface area (Å²) >= 11 is 1.82. The van der Waals surface area contributed by atoms with Crippen molar-refractivity contribution in [2.45, 2.75) is 68.8 Å². The average molecular weight is 430 g/mol. The highest BCUT2D eigenvalue weighted by molar-refractivity contribution is 7.99. The number of thioether (sulfide) groups is 1. The Morgan fingerprint density at radius 1 is 1.03 bits per heavy atom. The van der Waals surface area contributed by atoms with Crippen molar-refractivity contribution in [2.24, 2.45) is 0 Å². The van der Waals surface area contributed by atoms with Crippen LogP contribution in [0.15, 0.2) is 23.1 Å². The molecule has 0 radical (unpaired) electrons. The minimum Gasteiger partial charge on any atom is -0.322 e. The molecule has 6 nitrogen and oxygen atoms in total. The maximum absolute atomic E-state index is 12.9. The molecule has 0 saturated carbocycles. The second-order valence-electron chi connectivity index (χ2n) is 8.49. The Bertz CT molecular complexity index is 807. The molecule has 2 saturated heterocycles. The van der Waals surface area contributed by atoms with E-state index in [-0.39, 0.29) is 24.1 Å². The number of fused-ring (bicyclic) bond motifs is 1. The van der Waals surface area contributed by atoms with Crippen LogP contribution in [0.5, 0.6) is 0 Å². The summed E-state index contributed by atoms with van der Waals surface area (Å²) in [7, 11) is 0. The van der Waals surface area contributed by atoms with Crippen LogP contribution >= 0.6 is 11.8 Å². The Morgan fingerprint density at radius 3 is 2.67 bits per heavy atom. The summed E-state index contributed by atoms with van der Waals surface area (Å²) in [6.45, 7) is 4.21. The first-order valence-corrected chi connectivity index (χ1v) is 12.2. The van der Waals surface area contributed by atoms with Gasteiger partial charge in [-0.2, -0.15) is 0 Å². The molecule has 3 amide bonds. The molecule has 0 aliphatic carbocycles. The van der Waals surface area contributed by atoms with Gasteiger partial charge in [-0.25, -0.2) is 0 Å². The Morgan fingerprint density at radius 2 is 1.87 bits per heavy atom. The lowest BCUT2D eigenvalue weighted by molar-refractivity contribution is -0.136. The van der Waals surface area contributed by atoms with Crippen LogP contribution in [0.4, 0.5) is 0 Å². The van der Waals surface area contributed by atoms with E-state index in [0.717, 1.165) is 16.2 Å². The predicted octanol–water partition coefficient (Wildman–Crippen LogP) is 3.20. The Labute approximate surface area is 182 Å². The molecule has 3 heterocycles. The molecule has 0 spiro atoms. The number of benzene rings is 1. The molecule has 3 aliphatic rings. The molecular weight excluding hydrogens is 398 g/mol. The van der Waals surface area contributed by atoms with Gasteiger partial charge in [0.25, 0.3) is 5.91 Å². The summed E-state index contributed by atoms with van der Waals surface area (Å²) < 4.78 is 0. The van der Waals surface area contributed by atoms with E-state index in [9.17, 15) is 14.4 Å². The Balaban J connectivity index is 1.27. The molecule has 1 atom stereocenters. The minimum absolute atomic E-state index is 0.0940. The molecule has 3 aliphatic heterocycles. The van der Waals surface area contributed by atoms with Crippen LogP contribution in [0, 0.1) is 0 Å². The van der Waals surface area contributed by atoms with E-state index in [1.54, 1.807) is 4.90 Å². The molecule has 30 heavy (non-hydrogen) atoms. The third kappa shape index (κ3) is 4.89. The van der Waals surface area contributed by atoms with Crippen LogP contribution in [0.3, 0.4) is 0 Å². The maximum atomic E-state index is 12.9. The van der Waals surface area contributed by atoms with Crippen molar-refractivity contribution in [2.75, 3.05) is 25.4 Å². The van der Waals surface area contributed by atoms with E-state index in [2.05, 4.69) is 16.3 Å². The first-order chi connectivity index (χ1) is 14.6. The molecule has 7 heteroatoms. The molecule has 0 bridgehead atoms. The third-order valence-electron chi connectivity index (χ3n) is 6.36. The van der Waals surface area contributed by atoms with Gasteiger partial charge in [0.2, 0.25) is 11.8 Å². The van der Waals surface area contributed by atoms with Gasteiger partial charge in [0, 0.05) is 23.4 Å². The van der Waals surface area contributed by atoms with Gasteiger partial charge >= 0.3 is 0 Å². The van der Waals surface area contributed by atoms with Crippen molar-refractivity contribution in [1.82, 2.24) is 15.1 Å². The highest BCUT2D eigenvalue weighted by Crippen LogP contribution is 2.34. The number of unbranched alkanes of at least 4 members (excludes halogenated alkanes) is 2. The van der Waals surface area contributed by atoms with Gasteiger partial charge in [-0.3, -0.25) is 19.7 Å². The molecule has 162 valence electrons. The van der Waals surface area contributed by atoms with Gasteiger partial charge in [-0.05, 0) is 75.2 Å². The van der Waals surface area contributed by atoms with Crippen LogP contribution in [0.25, 0.3) is 0 Å². The van der Waals surface area contributed by atoms with Crippen molar-refractivity contribution < 1.29 is 14.4 Å². The molecule has 1 N–H and O–H groups in total. The lowest BCUT2D eigenvalue weighted by Gasteiger charge is -2.29. The number of carbonyl (C=O) groups is 3. The molecule has 4 rings (SSSR count). The number of amides is 3. The van der Waals surface area contributed by atoms with Crippen molar-refractivity contribution in [3.05, 3.63) is 29.3 Å². The molecule has 1 aromatic rings. The summed E-state index contributed by atoms with van der Waals surface area (Å²) in [5.41, 5.74) is 1.74. The van der Waals surface area contributed by atoms with E-state index in [4.69, 9.17) is 0 Å². The van der Waals surface area contributed by atoms with E-state index in [0.29, 0.717) is 18.5 Å². The minimum atomic E-state index is -0.546. The number of hydrogen-bond donors (Lipinski definition) is 1. The lowest BCUT2D eigenvalue weighted by Crippen LogP contribution is -2.52. The van der Waals surface area contributed by atoms with Crippen molar-refractivity contribution >= 4 is 29.5 Å². The van der Waals surface area contributed by atoms with E-state index in [1.165, 1.54) is 58.2 Å². The smallest absolute Gasteiger partial charge is 0.255 e. The summed E-state index contributed by atoms with van der Waals surface area (Å²) in [4.78, 5) is 41.9. The fraction of sp³-hybridized carbons (Fsp3) is 0.609. The summed E-state index contributed by atoms with van der Waals surface area (Å²) in [5.74, 6) is 0.346. The second kappa shape index (κ2) is 9.96. The summed E-state index contributed by atoms with van der Waals surface area (Å²) in [6, 6.07) is 5.32. The van der Waals surface area contributed by atoms with Gasteiger partial charge in [0.1, 0.15) is 6.04 Å². The number of carbonyl (C=O) groups excluding carboxylic acids is 3. The fourth-order valence-corrected chi connectivity index (χ4v) is 5.76. The Hall–Kier alpha value is -1.86. The monoisotopic (exact) mass is 429 g/mol. The largest absolute Gasteiger partial charge is 0.322 e. The van der Waals surface area contributed by atoms with E-state index < -0.39 is 6.04 Å². The highest BCUT2D eigenvalue weighted by Gasteiger charge is 2.39. The van der Waals surface area contributed by atoms with E-state index in [1.807, 2.05) is 23.9 Å². The molecule has 1 unspecified atom stereocenters. The number of hydrogen-bond acceptors (Lipinski definition) is 5. The Kier molecular flexibility index (Phi) is 7.10. The van der Waals surface area contributed by atoms with Gasteiger partial charge in [0.05, 0.1) is 0 Å². The quantitative estimate of drug-likeness (QED) is 0.390. The van der Waals surface area contributed by atoms with Crippen LogP contribution in [-0.2, 0) is 16.1 Å². The zero-order valence-corrected chi connectivity index (χ0v) is 18.3. The van der Waals surface area contributed by atoms with Crippen LogP contribution < -0.4 is 5.32 Å². The van der Waals surface area contributed by atoms with Crippen LogP contribution in [0.2, 0.25) is 0 Å². The number of likely N-dealkylation sites (tertiary alicyclic amines) is 1. The second-order valence-corrected chi connectivity index (χ2v) is 9.63. The van der Waals surface area contributed by atoms with Gasteiger partial charge in [0.15, 0.2) is 0 Å². The SMILES string of the molecule is O=C1CCC(N2Cc3c(SCCCCCN4CCCCC4)cccc3C2=O)C(=O)N1. The predicted molar refractivity (Wildman–Crippen MR) is 117 cm³/mol. The lowest BCUT2D eigenvalue weighted by atomic mass is 10.0. The average Bonchev–Trinajstić information content (AvgIpc) is 3.08. The summed E-state index contributed by atoms with van der Waals surface area (Å²) in [6.07, 6.45) is 8.45. The number of nitrogens with one attached hydrogen (secondary N) is 1. The van der Waals surface area contributed by atoms with Crippen LogP contribution in [0.1, 0.15) is 67.3 Å². The molecule has 0 aromatic heterocycles.